The molecule has 0 spiro atoms. The van der Waals surface area contributed by atoms with Crippen molar-refractivity contribution in [1.82, 2.24) is 5.32 Å². The van der Waals surface area contributed by atoms with Gasteiger partial charge in [-0.2, -0.15) is 5.26 Å². The van der Waals surface area contributed by atoms with Crippen molar-refractivity contribution >= 4 is 11.6 Å². The summed E-state index contributed by atoms with van der Waals surface area (Å²) in [5.74, 6) is -0.331. The number of amides is 1. The molecule has 0 aromatic heterocycles. The molecule has 0 saturated carbocycles. The van der Waals surface area contributed by atoms with Gasteiger partial charge in [0.1, 0.15) is 11.6 Å². The Hall–Kier alpha value is -2.28. The van der Waals surface area contributed by atoms with E-state index in [0.717, 1.165) is 24.9 Å². The van der Waals surface area contributed by atoms with Crippen LogP contribution in [0.4, 0.5) is 5.69 Å². The van der Waals surface area contributed by atoms with E-state index < -0.39 is 0 Å². The number of unbranched alkanes of at least 4 members (excludes halogenated alkanes) is 2. The lowest BCUT2D eigenvalue weighted by molar-refractivity contribution is -0.117. The lowest BCUT2D eigenvalue weighted by Gasteiger charge is -2.05. The Morgan fingerprint density at radius 1 is 1.18 bits per heavy atom. The molecule has 0 unspecified atom stereocenters. The van der Waals surface area contributed by atoms with Crippen molar-refractivity contribution in [1.29, 1.82) is 5.26 Å². The first kappa shape index (κ1) is 17.8. The topological polar surface area (TPSA) is 64.9 Å². The minimum absolute atomic E-state index is 0.0890. The summed E-state index contributed by atoms with van der Waals surface area (Å²) in [5.41, 5.74) is 2.26. The summed E-state index contributed by atoms with van der Waals surface area (Å²) in [4.78, 5) is 11.8. The van der Waals surface area contributed by atoms with Crippen LogP contribution in [0, 0.1) is 11.3 Å². The zero-order valence-electron chi connectivity index (χ0n) is 13.5. The molecular formula is C18H25N3O. The monoisotopic (exact) mass is 299 g/mol. The summed E-state index contributed by atoms with van der Waals surface area (Å²) >= 11 is 0. The number of benzene rings is 1. The normalized spacial score (nSPS) is 10.9. The fourth-order valence-corrected chi connectivity index (χ4v) is 1.93. The average Bonchev–Trinajstić information content (AvgIpc) is 2.55. The number of carbonyl (C=O) groups is 1. The molecule has 0 saturated heterocycles. The smallest absolute Gasteiger partial charge is 0.263 e. The number of hydrogen-bond acceptors (Lipinski definition) is 3. The molecule has 0 aliphatic carbocycles. The first-order valence-electron chi connectivity index (χ1n) is 7.95. The Morgan fingerprint density at radius 3 is 2.45 bits per heavy atom. The summed E-state index contributed by atoms with van der Waals surface area (Å²) < 4.78 is 0. The van der Waals surface area contributed by atoms with Crippen molar-refractivity contribution < 1.29 is 4.79 Å². The molecule has 1 aromatic carbocycles. The van der Waals surface area contributed by atoms with Gasteiger partial charge < -0.3 is 10.6 Å². The molecule has 0 bridgehead atoms. The largest absolute Gasteiger partial charge is 0.360 e. The molecule has 4 heteroatoms. The van der Waals surface area contributed by atoms with Crippen LogP contribution >= 0.6 is 0 Å². The van der Waals surface area contributed by atoms with E-state index in [2.05, 4.69) is 36.6 Å². The van der Waals surface area contributed by atoms with Crippen LogP contribution in [0.25, 0.3) is 0 Å². The van der Waals surface area contributed by atoms with Crippen molar-refractivity contribution in [3.8, 4) is 6.07 Å². The molecule has 0 heterocycles. The molecule has 0 fully saturated rings. The zero-order chi connectivity index (χ0) is 16.2. The molecule has 118 valence electrons. The van der Waals surface area contributed by atoms with Gasteiger partial charge in [0.15, 0.2) is 0 Å². The van der Waals surface area contributed by atoms with Gasteiger partial charge in [-0.05, 0) is 37.0 Å². The first-order valence-corrected chi connectivity index (χ1v) is 7.95. The van der Waals surface area contributed by atoms with E-state index in [4.69, 9.17) is 5.26 Å². The third-order valence-corrected chi connectivity index (χ3v) is 3.34. The number of nitrogens with one attached hydrogen (secondary N) is 2. The van der Waals surface area contributed by atoms with Gasteiger partial charge in [-0.25, -0.2) is 0 Å². The van der Waals surface area contributed by atoms with Gasteiger partial charge >= 0.3 is 0 Å². The standard InChI is InChI=1S/C18H25N3O/c1-3-5-7-15-8-10-17(11-9-15)21-14-16(13-19)18(22)20-12-6-4-2/h8-11,14,21H,3-7,12H2,1-2H3,(H,20,22)/b16-14-. The van der Waals surface area contributed by atoms with E-state index in [1.807, 2.05) is 18.2 Å². The lowest BCUT2D eigenvalue weighted by atomic mass is 10.1. The fraction of sp³-hybridized carbons (Fsp3) is 0.444. The van der Waals surface area contributed by atoms with Crippen LogP contribution in [-0.4, -0.2) is 12.5 Å². The van der Waals surface area contributed by atoms with Crippen LogP contribution < -0.4 is 10.6 Å². The van der Waals surface area contributed by atoms with Gasteiger partial charge in [-0.3, -0.25) is 4.79 Å². The van der Waals surface area contributed by atoms with Crippen molar-refractivity contribution in [2.24, 2.45) is 0 Å². The van der Waals surface area contributed by atoms with Crippen LogP contribution in [0.2, 0.25) is 0 Å². The second kappa shape index (κ2) is 10.4. The zero-order valence-corrected chi connectivity index (χ0v) is 13.5. The number of rotatable bonds is 9. The van der Waals surface area contributed by atoms with E-state index in [1.165, 1.54) is 24.6 Å². The van der Waals surface area contributed by atoms with Crippen LogP contribution in [0.3, 0.4) is 0 Å². The van der Waals surface area contributed by atoms with Crippen LogP contribution in [-0.2, 0) is 11.2 Å². The van der Waals surface area contributed by atoms with Crippen molar-refractivity contribution in [2.45, 2.75) is 46.0 Å². The highest BCUT2D eigenvalue weighted by Gasteiger charge is 2.07. The number of nitrogens with zero attached hydrogens (tertiary/aromatic N) is 1. The van der Waals surface area contributed by atoms with E-state index in [0.29, 0.717) is 6.54 Å². The number of nitriles is 1. The number of carbonyl (C=O) groups excluding carboxylic acids is 1. The number of anilines is 1. The van der Waals surface area contributed by atoms with E-state index in [9.17, 15) is 4.79 Å². The van der Waals surface area contributed by atoms with Gasteiger partial charge in [-0.15, -0.1) is 0 Å². The molecule has 0 atom stereocenters. The molecule has 1 rings (SSSR count). The quantitative estimate of drug-likeness (QED) is 0.414. The maximum atomic E-state index is 11.8. The Balaban J connectivity index is 2.56. The highest BCUT2D eigenvalue weighted by molar-refractivity contribution is 5.97. The maximum Gasteiger partial charge on any atom is 0.263 e. The molecule has 0 aliphatic rings. The molecule has 0 radical (unpaired) electrons. The first-order chi connectivity index (χ1) is 10.7. The van der Waals surface area contributed by atoms with E-state index in [1.54, 1.807) is 0 Å². The van der Waals surface area contributed by atoms with Crippen molar-refractivity contribution in [3.63, 3.8) is 0 Å². The number of aryl methyl sites for hydroxylation is 1. The second-order valence-corrected chi connectivity index (χ2v) is 5.22. The SMILES string of the molecule is CCCCNC(=O)/C(C#N)=C\Nc1ccc(CCCC)cc1. The molecule has 1 aromatic rings. The summed E-state index contributed by atoms with van der Waals surface area (Å²) in [7, 11) is 0. The summed E-state index contributed by atoms with van der Waals surface area (Å²) in [6.45, 7) is 4.83. The summed E-state index contributed by atoms with van der Waals surface area (Å²) in [6.07, 6.45) is 6.83. The Kier molecular flexibility index (Phi) is 8.44. The third kappa shape index (κ3) is 6.45. The predicted octanol–water partition coefficient (Wildman–Crippen LogP) is 3.76. The van der Waals surface area contributed by atoms with E-state index >= 15 is 0 Å². The van der Waals surface area contributed by atoms with E-state index in [-0.39, 0.29) is 11.5 Å². The number of hydrogen-bond donors (Lipinski definition) is 2. The molecular weight excluding hydrogens is 274 g/mol. The highest BCUT2D eigenvalue weighted by atomic mass is 16.1. The van der Waals surface area contributed by atoms with Gasteiger partial charge in [0.2, 0.25) is 0 Å². The Bertz CT molecular complexity index is 526. The van der Waals surface area contributed by atoms with Gasteiger partial charge in [0.05, 0.1) is 0 Å². The molecule has 0 aliphatic heterocycles. The minimum Gasteiger partial charge on any atom is -0.360 e. The molecule has 22 heavy (non-hydrogen) atoms. The Labute approximate surface area is 133 Å². The average molecular weight is 299 g/mol. The molecule has 4 nitrogen and oxygen atoms in total. The van der Waals surface area contributed by atoms with Gasteiger partial charge in [0, 0.05) is 18.4 Å². The molecule has 1 amide bonds. The molecule has 2 N–H and O–H groups in total. The van der Waals surface area contributed by atoms with Crippen molar-refractivity contribution in [3.05, 3.63) is 41.6 Å². The third-order valence-electron chi connectivity index (χ3n) is 3.34. The highest BCUT2D eigenvalue weighted by Crippen LogP contribution is 2.12. The van der Waals surface area contributed by atoms with Gasteiger partial charge in [-0.1, -0.05) is 38.8 Å². The predicted molar refractivity (Wildman–Crippen MR) is 90.3 cm³/mol. The Morgan fingerprint density at radius 2 is 1.86 bits per heavy atom. The van der Waals surface area contributed by atoms with Crippen molar-refractivity contribution in [2.75, 3.05) is 11.9 Å². The summed E-state index contributed by atoms with van der Waals surface area (Å²) in [6, 6.07) is 9.99. The second-order valence-electron chi connectivity index (χ2n) is 5.22. The van der Waals surface area contributed by atoms with Crippen LogP contribution in [0.1, 0.15) is 45.1 Å². The summed E-state index contributed by atoms with van der Waals surface area (Å²) in [5, 5.41) is 14.8. The maximum absolute atomic E-state index is 11.8. The fourth-order valence-electron chi connectivity index (χ4n) is 1.93. The minimum atomic E-state index is -0.331. The van der Waals surface area contributed by atoms with Crippen LogP contribution in [0.15, 0.2) is 36.0 Å². The van der Waals surface area contributed by atoms with Crippen LogP contribution in [0.5, 0.6) is 0 Å². The lowest BCUT2D eigenvalue weighted by Crippen LogP contribution is -2.25. The van der Waals surface area contributed by atoms with Gasteiger partial charge in [0.25, 0.3) is 5.91 Å².